The summed E-state index contributed by atoms with van der Waals surface area (Å²) in [5.41, 5.74) is 0. The zero-order valence-electron chi connectivity index (χ0n) is 13.0. The first-order valence-electron chi connectivity index (χ1n) is 7.33. The van der Waals surface area contributed by atoms with Crippen LogP contribution in [0.5, 0.6) is 0 Å². The van der Waals surface area contributed by atoms with Gasteiger partial charge in [-0.15, -0.1) is 0 Å². The molecule has 0 aromatic heterocycles. The SMILES string of the molecule is CCCCCC=CC(=O)O.CCCCCC=CC(=O)O.[Ni]. The second-order valence-corrected chi connectivity index (χ2v) is 4.47. The molecule has 0 fully saturated rings. The summed E-state index contributed by atoms with van der Waals surface area (Å²) in [5.74, 6) is -1.70. The van der Waals surface area contributed by atoms with Crippen molar-refractivity contribution < 1.29 is 36.3 Å². The number of carbonyl (C=O) groups is 2. The molecule has 0 atom stereocenters. The molecule has 0 saturated carbocycles. The summed E-state index contributed by atoms with van der Waals surface area (Å²) in [4.78, 5) is 19.9. The van der Waals surface area contributed by atoms with Gasteiger partial charge in [-0.05, 0) is 25.7 Å². The van der Waals surface area contributed by atoms with E-state index >= 15 is 0 Å². The number of unbranched alkanes of at least 4 members (excludes halogenated alkanes) is 6. The van der Waals surface area contributed by atoms with Crippen LogP contribution in [-0.4, -0.2) is 22.2 Å². The summed E-state index contributed by atoms with van der Waals surface area (Å²) in [6, 6.07) is 0. The summed E-state index contributed by atoms with van der Waals surface area (Å²) in [7, 11) is 0. The smallest absolute Gasteiger partial charge is 0.327 e. The van der Waals surface area contributed by atoms with Crippen molar-refractivity contribution in [1.82, 2.24) is 0 Å². The minimum Gasteiger partial charge on any atom is -0.478 e. The van der Waals surface area contributed by atoms with E-state index in [2.05, 4.69) is 13.8 Å². The molecular formula is C16H28NiO4. The van der Waals surface area contributed by atoms with Gasteiger partial charge in [0.25, 0.3) is 0 Å². The Morgan fingerprint density at radius 3 is 1.33 bits per heavy atom. The Labute approximate surface area is 138 Å². The summed E-state index contributed by atoms with van der Waals surface area (Å²) >= 11 is 0. The molecule has 0 bridgehead atoms. The summed E-state index contributed by atoms with van der Waals surface area (Å²) < 4.78 is 0. The van der Waals surface area contributed by atoms with Gasteiger partial charge < -0.3 is 10.2 Å². The monoisotopic (exact) mass is 342 g/mol. The van der Waals surface area contributed by atoms with Crippen molar-refractivity contribution in [1.29, 1.82) is 0 Å². The molecule has 0 aliphatic rings. The van der Waals surface area contributed by atoms with E-state index in [0.717, 1.165) is 25.7 Å². The van der Waals surface area contributed by atoms with E-state index in [4.69, 9.17) is 10.2 Å². The third kappa shape index (κ3) is 32.4. The van der Waals surface area contributed by atoms with Crippen LogP contribution in [0.15, 0.2) is 24.3 Å². The van der Waals surface area contributed by atoms with Gasteiger partial charge in [0.1, 0.15) is 0 Å². The van der Waals surface area contributed by atoms with E-state index in [-0.39, 0.29) is 16.5 Å². The second kappa shape index (κ2) is 21.2. The van der Waals surface area contributed by atoms with Gasteiger partial charge in [0.15, 0.2) is 0 Å². The molecule has 0 radical (unpaired) electrons. The Bertz CT molecular complexity index is 269. The van der Waals surface area contributed by atoms with Gasteiger partial charge in [0.05, 0.1) is 0 Å². The summed E-state index contributed by atoms with van der Waals surface area (Å²) in [6.45, 7) is 4.25. The van der Waals surface area contributed by atoms with Gasteiger partial charge in [-0.3, -0.25) is 0 Å². The Balaban J connectivity index is -0.000000295. The molecule has 0 aliphatic heterocycles. The molecule has 0 aliphatic carbocycles. The first kappa shape index (κ1) is 24.9. The number of aliphatic carboxylic acids is 2. The molecule has 0 aromatic rings. The van der Waals surface area contributed by atoms with Crippen LogP contribution in [-0.2, 0) is 26.1 Å². The van der Waals surface area contributed by atoms with E-state index in [0.29, 0.717) is 0 Å². The van der Waals surface area contributed by atoms with E-state index in [1.54, 1.807) is 12.2 Å². The number of allylic oxidation sites excluding steroid dienone is 2. The van der Waals surface area contributed by atoms with Crippen LogP contribution in [0.3, 0.4) is 0 Å². The van der Waals surface area contributed by atoms with Gasteiger partial charge in [0.2, 0.25) is 0 Å². The van der Waals surface area contributed by atoms with E-state index in [1.807, 2.05) is 0 Å². The van der Waals surface area contributed by atoms with Crippen LogP contribution >= 0.6 is 0 Å². The number of hydrogen-bond acceptors (Lipinski definition) is 2. The van der Waals surface area contributed by atoms with Crippen molar-refractivity contribution in [3.05, 3.63) is 24.3 Å². The van der Waals surface area contributed by atoms with Crippen molar-refractivity contribution in [2.75, 3.05) is 0 Å². The van der Waals surface area contributed by atoms with E-state index in [1.165, 1.54) is 37.8 Å². The molecule has 0 saturated heterocycles. The molecule has 0 amide bonds. The van der Waals surface area contributed by atoms with Crippen molar-refractivity contribution in [3.8, 4) is 0 Å². The average Bonchev–Trinajstić information content (AvgIpc) is 2.38. The van der Waals surface area contributed by atoms with Crippen LogP contribution in [0.4, 0.5) is 0 Å². The number of carboxylic acid groups (broad SMARTS) is 2. The van der Waals surface area contributed by atoms with Crippen LogP contribution in [0, 0.1) is 0 Å². The first-order chi connectivity index (χ1) is 9.54. The van der Waals surface area contributed by atoms with Crippen LogP contribution in [0.2, 0.25) is 0 Å². The van der Waals surface area contributed by atoms with Crippen molar-refractivity contribution in [2.24, 2.45) is 0 Å². The number of rotatable bonds is 10. The molecule has 2 N–H and O–H groups in total. The third-order valence-electron chi connectivity index (χ3n) is 2.47. The normalized spacial score (nSPS) is 10.0. The summed E-state index contributed by atoms with van der Waals surface area (Å²) in [6.07, 6.45) is 14.5. The van der Waals surface area contributed by atoms with Crippen molar-refractivity contribution >= 4 is 11.9 Å². The maximum Gasteiger partial charge on any atom is 0.327 e. The van der Waals surface area contributed by atoms with Gasteiger partial charge in [-0.25, -0.2) is 9.59 Å². The molecule has 0 rings (SSSR count). The van der Waals surface area contributed by atoms with Crippen molar-refractivity contribution in [2.45, 2.75) is 65.2 Å². The second-order valence-electron chi connectivity index (χ2n) is 4.47. The quantitative estimate of drug-likeness (QED) is 0.350. The fourth-order valence-corrected chi connectivity index (χ4v) is 1.39. The van der Waals surface area contributed by atoms with Crippen LogP contribution in [0.25, 0.3) is 0 Å². The third-order valence-corrected chi connectivity index (χ3v) is 2.47. The largest absolute Gasteiger partial charge is 0.478 e. The minimum atomic E-state index is -0.850. The Kier molecular flexibility index (Phi) is 25.2. The molecule has 0 aromatic carbocycles. The predicted molar refractivity (Wildman–Crippen MR) is 81.8 cm³/mol. The standard InChI is InChI=1S/2C8H14O2.Ni/c2*1-2-3-4-5-6-7-8(9)10;/h2*6-7H,2-5H2,1H3,(H,9,10);. The minimum absolute atomic E-state index is 0. The Morgan fingerprint density at radius 1 is 0.762 bits per heavy atom. The molecule has 5 heteroatoms. The zero-order chi connectivity index (χ0) is 15.6. The predicted octanol–water partition coefficient (Wildman–Crippen LogP) is 4.41. The van der Waals surface area contributed by atoms with E-state index < -0.39 is 11.9 Å². The fraction of sp³-hybridized carbons (Fsp3) is 0.625. The van der Waals surface area contributed by atoms with Gasteiger partial charge in [0, 0.05) is 28.6 Å². The van der Waals surface area contributed by atoms with Gasteiger partial charge in [-0.1, -0.05) is 51.7 Å². The zero-order valence-corrected chi connectivity index (χ0v) is 14.0. The maximum atomic E-state index is 9.95. The maximum absolute atomic E-state index is 9.95. The first-order valence-corrected chi connectivity index (χ1v) is 7.33. The van der Waals surface area contributed by atoms with Crippen LogP contribution < -0.4 is 0 Å². The number of carboxylic acids is 2. The molecule has 0 heterocycles. The molecule has 4 nitrogen and oxygen atoms in total. The fourth-order valence-electron chi connectivity index (χ4n) is 1.39. The summed E-state index contributed by atoms with van der Waals surface area (Å²) in [5, 5.41) is 16.4. The Hall–Kier alpha value is -1.09. The van der Waals surface area contributed by atoms with Crippen LogP contribution in [0.1, 0.15) is 65.2 Å². The van der Waals surface area contributed by atoms with Gasteiger partial charge >= 0.3 is 11.9 Å². The topological polar surface area (TPSA) is 74.6 Å². The number of hydrogen-bond donors (Lipinski definition) is 2. The molecule has 126 valence electrons. The molecule has 0 unspecified atom stereocenters. The molecule has 21 heavy (non-hydrogen) atoms. The molecular weight excluding hydrogens is 315 g/mol. The Morgan fingerprint density at radius 2 is 1.10 bits per heavy atom. The van der Waals surface area contributed by atoms with E-state index in [9.17, 15) is 9.59 Å². The molecule has 0 spiro atoms. The van der Waals surface area contributed by atoms with Crippen molar-refractivity contribution in [3.63, 3.8) is 0 Å². The average molecular weight is 343 g/mol. The van der Waals surface area contributed by atoms with Gasteiger partial charge in [-0.2, -0.15) is 0 Å².